The van der Waals surface area contributed by atoms with E-state index in [4.69, 9.17) is 27.9 Å². The van der Waals surface area contributed by atoms with E-state index >= 15 is 0 Å². The molecule has 0 amide bonds. The van der Waals surface area contributed by atoms with Gasteiger partial charge in [0.1, 0.15) is 5.75 Å². The lowest BCUT2D eigenvalue weighted by Crippen LogP contribution is -2.44. The summed E-state index contributed by atoms with van der Waals surface area (Å²) in [4.78, 5) is 2.22. The monoisotopic (exact) mass is 329 g/mol. The maximum absolute atomic E-state index is 10.1. The van der Waals surface area contributed by atoms with Gasteiger partial charge < -0.3 is 19.8 Å². The van der Waals surface area contributed by atoms with Gasteiger partial charge in [0.25, 0.3) is 0 Å². The van der Waals surface area contributed by atoms with Crippen LogP contribution in [0.15, 0.2) is 23.9 Å². The summed E-state index contributed by atoms with van der Waals surface area (Å²) in [6.07, 6.45) is 2.80. The van der Waals surface area contributed by atoms with E-state index in [1.165, 1.54) is 0 Å². The molecule has 1 aromatic carbocycles. The van der Waals surface area contributed by atoms with Crippen molar-refractivity contribution in [1.29, 1.82) is 0 Å². The largest absolute Gasteiger partial charge is 0.508 e. The standard InChI is InChI=1S/C15H17Cl2NO3/c16-12-1-2-13(20)14(15(12)17)9-3-4-18-6-11(7-19)21-8-10(18)5-9/h1-2,5,9,11,19-20H,3-4,6-8H2/t9-,11-/m1/s1. The molecule has 0 bridgehead atoms. The van der Waals surface area contributed by atoms with E-state index in [0.29, 0.717) is 28.8 Å². The fourth-order valence-corrected chi connectivity index (χ4v) is 3.42. The number of rotatable bonds is 2. The first-order valence-electron chi connectivity index (χ1n) is 6.95. The van der Waals surface area contributed by atoms with E-state index in [1.807, 2.05) is 0 Å². The molecule has 2 aliphatic heterocycles. The molecule has 0 spiro atoms. The molecule has 114 valence electrons. The summed E-state index contributed by atoms with van der Waals surface area (Å²) < 4.78 is 5.58. The summed E-state index contributed by atoms with van der Waals surface area (Å²) in [6.45, 7) is 2.05. The normalized spacial score (nSPS) is 25.5. The van der Waals surface area contributed by atoms with E-state index in [-0.39, 0.29) is 24.4 Å². The van der Waals surface area contributed by atoms with Crippen LogP contribution in [0.3, 0.4) is 0 Å². The maximum atomic E-state index is 10.1. The fourth-order valence-electron chi connectivity index (χ4n) is 2.96. The molecule has 0 saturated carbocycles. The van der Waals surface area contributed by atoms with Crippen molar-refractivity contribution in [1.82, 2.24) is 4.90 Å². The molecule has 2 aliphatic rings. The highest BCUT2D eigenvalue weighted by atomic mass is 35.5. The van der Waals surface area contributed by atoms with Crippen LogP contribution in [0, 0.1) is 0 Å². The van der Waals surface area contributed by atoms with E-state index < -0.39 is 0 Å². The van der Waals surface area contributed by atoms with Gasteiger partial charge in [-0.25, -0.2) is 0 Å². The molecule has 2 atom stereocenters. The molecule has 0 aliphatic carbocycles. The van der Waals surface area contributed by atoms with Crippen LogP contribution >= 0.6 is 23.2 Å². The lowest BCUT2D eigenvalue weighted by molar-refractivity contribution is -0.0322. The van der Waals surface area contributed by atoms with E-state index in [1.54, 1.807) is 12.1 Å². The Hall–Kier alpha value is -0.940. The average molecular weight is 330 g/mol. The molecule has 2 N–H and O–H groups in total. The minimum absolute atomic E-state index is 0.0247. The number of hydrogen-bond donors (Lipinski definition) is 2. The molecule has 2 heterocycles. The molecule has 21 heavy (non-hydrogen) atoms. The molecular weight excluding hydrogens is 313 g/mol. The van der Waals surface area contributed by atoms with Gasteiger partial charge in [-0.3, -0.25) is 0 Å². The first kappa shape index (κ1) is 15.0. The van der Waals surface area contributed by atoms with Gasteiger partial charge in [0, 0.05) is 30.3 Å². The van der Waals surface area contributed by atoms with Gasteiger partial charge in [-0.05, 0) is 18.6 Å². The second kappa shape index (κ2) is 6.05. The fraction of sp³-hybridized carbons (Fsp3) is 0.467. The summed E-state index contributed by atoms with van der Waals surface area (Å²) in [5.74, 6) is 0.196. The minimum atomic E-state index is -0.123. The first-order valence-corrected chi connectivity index (χ1v) is 7.70. The highest BCUT2D eigenvalue weighted by Gasteiger charge is 2.30. The molecule has 0 radical (unpaired) electrons. The zero-order chi connectivity index (χ0) is 15.0. The lowest BCUT2D eigenvalue weighted by atomic mass is 9.90. The quantitative estimate of drug-likeness (QED) is 0.876. The van der Waals surface area contributed by atoms with E-state index in [9.17, 15) is 10.2 Å². The van der Waals surface area contributed by atoms with Crippen LogP contribution in [0.25, 0.3) is 0 Å². The number of phenols is 1. The molecule has 6 heteroatoms. The van der Waals surface area contributed by atoms with Gasteiger partial charge in [0.05, 0.1) is 29.4 Å². The molecule has 1 aromatic rings. The van der Waals surface area contributed by atoms with Crippen LogP contribution in [0.4, 0.5) is 0 Å². The highest BCUT2D eigenvalue weighted by molar-refractivity contribution is 6.42. The Labute approximate surface area is 133 Å². The number of aliphatic hydroxyl groups is 1. The second-order valence-electron chi connectivity index (χ2n) is 5.41. The number of allylic oxidation sites excluding steroid dienone is 1. The number of morpholine rings is 1. The second-order valence-corrected chi connectivity index (χ2v) is 6.19. The number of aromatic hydroxyl groups is 1. The van der Waals surface area contributed by atoms with Crippen LogP contribution in [0.1, 0.15) is 17.9 Å². The van der Waals surface area contributed by atoms with Crippen molar-refractivity contribution in [3.8, 4) is 5.75 Å². The van der Waals surface area contributed by atoms with Crippen molar-refractivity contribution >= 4 is 23.2 Å². The third-order valence-electron chi connectivity index (χ3n) is 4.08. The first-order chi connectivity index (χ1) is 10.1. The van der Waals surface area contributed by atoms with Gasteiger partial charge in [-0.2, -0.15) is 0 Å². The lowest BCUT2D eigenvalue weighted by Gasteiger charge is -2.40. The molecule has 1 fully saturated rings. The van der Waals surface area contributed by atoms with Crippen molar-refractivity contribution in [2.75, 3.05) is 26.3 Å². The van der Waals surface area contributed by atoms with Crippen LogP contribution in [0.2, 0.25) is 10.0 Å². The number of ether oxygens (including phenoxy) is 1. The molecule has 4 nitrogen and oxygen atoms in total. The molecule has 0 unspecified atom stereocenters. The van der Waals surface area contributed by atoms with Crippen LogP contribution in [-0.4, -0.2) is 47.5 Å². The van der Waals surface area contributed by atoms with Gasteiger partial charge in [-0.15, -0.1) is 0 Å². The number of hydrogen-bond acceptors (Lipinski definition) is 4. The minimum Gasteiger partial charge on any atom is -0.508 e. The Kier molecular flexibility index (Phi) is 4.31. The number of phenolic OH excluding ortho intramolecular Hbond substituents is 1. The number of benzene rings is 1. The summed E-state index contributed by atoms with van der Waals surface area (Å²) in [5.41, 5.74) is 1.76. The Balaban J connectivity index is 1.88. The molecule has 1 saturated heterocycles. The number of aliphatic hydroxyl groups excluding tert-OH is 1. The number of nitrogens with zero attached hydrogens (tertiary/aromatic N) is 1. The Morgan fingerprint density at radius 1 is 1.33 bits per heavy atom. The predicted octanol–water partition coefficient (Wildman–Crippen LogP) is 2.76. The molecule has 3 rings (SSSR count). The summed E-state index contributed by atoms with van der Waals surface area (Å²) in [5, 5.41) is 20.1. The molecular formula is C15H17Cl2NO3. The van der Waals surface area contributed by atoms with Crippen molar-refractivity contribution in [2.24, 2.45) is 0 Å². The van der Waals surface area contributed by atoms with Gasteiger partial charge in [-0.1, -0.05) is 29.3 Å². The zero-order valence-corrected chi connectivity index (χ0v) is 12.9. The Morgan fingerprint density at radius 3 is 2.90 bits per heavy atom. The Morgan fingerprint density at radius 2 is 2.14 bits per heavy atom. The SMILES string of the molecule is OC[C@H]1CN2CC[C@@H](c3c(O)ccc(Cl)c3Cl)C=C2CO1. The van der Waals surface area contributed by atoms with Gasteiger partial charge in [0.15, 0.2) is 0 Å². The van der Waals surface area contributed by atoms with Crippen molar-refractivity contribution in [3.05, 3.63) is 39.5 Å². The van der Waals surface area contributed by atoms with Crippen molar-refractivity contribution in [2.45, 2.75) is 18.4 Å². The van der Waals surface area contributed by atoms with Crippen LogP contribution in [0.5, 0.6) is 5.75 Å². The van der Waals surface area contributed by atoms with Gasteiger partial charge in [0.2, 0.25) is 0 Å². The van der Waals surface area contributed by atoms with E-state index in [2.05, 4.69) is 11.0 Å². The van der Waals surface area contributed by atoms with E-state index in [0.717, 1.165) is 18.7 Å². The van der Waals surface area contributed by atoms with Crippen molar-refractivity contribution < 1.29 is 14.9 Å². The third kappa shape index (κ3) is 2.86. The highest BCUT2D eigenvalue weighted by Crippen LogP contribution is 2.42. The number of fused-ring (bicyclic) bond motifs is 1. The Bertz CT molecular complexity index is 576. The van der Waals surface area contributed by atoms with Crippen molar-refractivity contribution in [3.63, 3.8) is 0 Å². The third-order valence-corrected chi connectivity index (χ3v) is 4.90. The molecule has 0 aromatic heterocycles. The summed E-state index contributed by atoms with van der Waals surface area (Å²) >= 11 is 12.3. The topological polar surface area (TPSA) is 52.9 Å². The zero-order valence-electron chi connectivity index (χ0n) is 11.4. The average Bonchev–Trinajstić information content (AvgIpc) is 2.51. The smallest absolute Gasteiger partial charge is 0.120 e. The van der Waals surface area contributed by atoms with Gasteiger partial charge >= 0.3 is 0 Å². The van der Waals surface area contributed by atoms with Crippen LogP contribution in [-0.2, 0) is 4.74 Å². The summed E-state index contributed by atoms with van der Waals surface area (Å²) in [6, 6.07) is 3.17. The maximum Gasteiger partial charge on any atom is 0.120 e. The number of halogens is 2. The predicted molar refractivity (Wildman–Crippen MR) is 82.0 cm³/mol. The van der Waals surface area contributed by atoms with Crippen LogP contribution < -0.4 is 0 Å². The summed E-state index contributed by atoms with van der Waals surface area (Å²) in [7, 11) is 0.